The quantitative estimate of drug-likeness (QED) is 0.348. The van der Waals surface area contributed by atoms with Crippen LogP contribution in [-0.4, -0.2) is 47.3 Å². The van der Waals surface area contributed by atoms with Crippen molar-refractivity contribution in [2.24, 2.45) is 5.10 Å². The highest BCUT2D eigenvalue weighted by Gasteiger charge is 2.07. The van der Waals surface area contributed by atoms with Crippen molar-refractivity contribution in [3.63, 3.8) is 0 Å². The van der Waals surface area contributed by atoms with Gasteiger partial charge in [0.05, 0.1) is 26.2 Å². The van der Waals surface area contributed by atoms with Crippen LogP contribution in [0.5, 0.6) is 11.5 Å². The van der Waals surface area contributed by atoms with Gasteiger partial charge in [0.15, 0.2) is 5.03 Å². The van der Waals surface area contributed by atoms with E-state index < -0.39 is 17.2 Å². The van der Waals surface area contributed by atoms with E-state index in [2.05, 4.69) is 20.7 Å². The Kier molecular flexibility index (Phi) is 6.34. The van der Waals surface area contributed by atoms with Gasteiger partial charge in [0.1, 0.15) is 11.5 Å². The molecule has 0 aliphatic heterocycles. The molecule has 0 fully saturated rings. The smallest absolute Gasteiger partial charge is 0.342 e. The monoisotopic (exact) mass is 365 g/mol. The molecule has 3 N–H and O–H groups in total. The number of methoxy groups -OCH3 is 2. The second-order valence-electron chi connectivity index (χ2n) is 4.50. The summed E-state index contributed by atoms with van der Waals surface area (Å²) in [4.78, 5) is 36.1. The summed E-state index contributed by atoms with van der Waals surface area (Å²) in [5.41, 5.74) is 1.57. The third kappa shape index (κ3) is 5.21. The number of amides is 1. The fourth-order valence-electron chi connectivity index (χ4n) is 1.71. The minimum Gasteiger partial charge on any atom is -0.497 e. The maximum Gasteiger partial charge on any atom is 0.342 e. The Morgan fingerprint density at radius 2 is 2.16 bits per heavy atom. The Hall–Kier alpha value is -3.08. The molecule has 25 heavy (non-hydrogen) atoms. The minimum absolute atomic E-state index is 0.0202. The van der Waals surface area contributed by atoms with E-state index in [-0.39, 0.29) is 10.8 Å². The fourth-order valence-corrected chi connectivity index (χ4v) is 2.34. The molecule has 1 heterocycles. The van der Waals surface area contributed by atoms with Gasteiger partial charge in [-0.15, -0.1) is 0 Å². The fraction of sp³-hybridized carbons (Fsp3) is 0.214. The van der Waals surface area contributed by atoms with E-state index in [1.54, 1.807) is 18.2 Å². The molecule has 2 rings (SSSR count). The van der Waals surface area contributed by atoms with E-state index in [4.69, 9.17) is 9.47 Å². The van der Waals surface area contributed by atoms with Crippen LogP contribution in [0.3, 0.4) is 0 Å². The van der Waals surface area contributed by atoms with E-state index in [1.807, 2.05) is 4.98 Å². The first-order valence-corrected chi connectivity index (χ1v) is 7.87. The molecule has 0 saturated heterocycles. The van der Waals surface area contributed by atoms with Crippen LogP contribution in [0.4, 0.5) is 0 Å². The molecule has 0 atom stereocenters. The highest BCUT2D eigenvalue weighted by molar-refractivity contribution is 7.99. The summed E-state index contributed by atoms with van der Waals surface area (Å²) < 4.78 is 10.3. The number of aromatic nitrogens is 3. The first-order valence-electron chi connectivity index (χ1n) is 6.89. The van der Waals surface area contributed by atoms with Crippen molar-refractivity contribution in [2.45, 2.75) is 5.03 Å². The van der Waals surface area contributed by atoms with Crippen molar-refractivity contribution in [2.75, 3.05) is 20.0 Å². The molecule has 0 aliphatic rings. The number of hydrogen-bond acceptors (Lipinski definition) is 8. The van der Waals surface area contributed by atoms with Gasteiger partial charge < -0.3 is 9.47 Å². The minimum atomic E-state index is -0.712. The van der Waals surface area contributed by atoms with Gasteiger partial charge in [-0.1, -0.05) is 11.8 Å². The summed E-state index contributed by atoms with van der Waals surface area (Å²) in [6.45, 7) is 0. The van der Waals surface area contributed by atoms with E-state index in [0.29, 0.717) is 17.1 Å². The molecule has 0 bridgehead atoms. The summed E-state index contributed by atoms with van der Waals surface area (Å²) in [6.07, 6.45) is 1.41. The van der Waals surface area contributed by atoms with Crippen LogP contribution >= 0.6 is 11.8 Å². The van der Waals surface area contributed by atoms with Gasteiger partial charge in [-0.25, -0.2) is 15.3 Å². The molecule has 1 aromatic heterocycles. The zero-order chi connectivity index (χ0) is 18.2. The molecule has 2 aromatic rings. The van der Waals surface area contributed by atoms with Gasteiger partial charge in [0.25, 0.3) is 5.56 Å². The lowest BCUT2D eigenvalue weighted by molar-refractivity contribution is -0.118. The molecule has 0 saturated carbocycles. The second-order valence-corrected chi connectivity index (χ2v) is 5.47. The predicted molar refractivity (Wildman–Crippen MR) is 91.5 cm³/mol. The predicted octanol–water partition coefficient (Wildman–Crippen LogP) is -0.282. The van der Waals surface area contributed by atoms with E-state index >= 15 is 0 Å². The highest BCUT2D eigenvalue weighted by Crippen LogP contribution is 2.22. The average Bonchev–Trinajstić information content (AvgIpc) is 2.60. The molecule has 11 heteroatoms. The largest absolute Gasteiger partial charge is 0.497 e. The molecule has 1 aromatic carbocycles. The Bertz CT molecular complexity index is 892. The molecule has 1 amide bonds. The number of thioether (sulfide) groups is 1. The number of aromatic amines is 2. The Morgan fingerprint density at radius 3 is 2.84 bits per heavy atom. The maximum absolute atomic E-state index is 11.7. The zero-order valence-electron chi connectivity index (χ0n) is 13.4. The molecule has 0 radical (unpaired) electrons. The summed E-state index contributed by atoms with van der Waals surface area (Å²) in [6, 6.07) is 5.15. The summed E-state index contributed by atoms with van der Waals surface area (Å²) >= 11 is 0.868. The Morgan fingerprint density at radius 1 is 1.36 bits per heavy atom. The van der Waals surface area contributed by atoms with Gasteiger partial charge in [0, 0.05) is 5.56 Å². The van der Waals surface area contributed by atoms with Crippen LogP contribution in [0, 0.1) is 0 Å². The summed E-state index contributed by atoms with van der Waals surface area (Å²) in [5.74, 6) is 0.634. The number of rotatable bonds is 7. The van der Waals surface area contributed by atoms with Crippen molar-refractivity contribution < 1.29 is 14.3 Å². The van der Waals surface area contributed by atoms with E-state index in [9.17, 15) is 14.4 Å². The number of carbonyl (C=O) groups is 1. The number of ether oxygens (including phenoxy) is 2. The molecule has 0 spiro atoms. The van der Waals surface area contributed by atoms with Gasteiger partial charge in [-0.2, -0.15) is 10.2 Å². The third-order valence-corrected chi connectivity index (χ3v) is 3.81. The zero-order valence-corrected chi connectivity index (χ0v) is 14.2. The van der Waals surface area contributed by atoms with Crippen LogP contribution in [0.15, 0.2) is 37.9 Å². The van der Waals surface area contributed by atoms with Crippen molar-refractivity contribution in [1.82, 2.24) is 20.6 Å². The molecule has 10 nitrogen and oxygen atoms in total. The number of benzene rings is 1. The van der Waals surface area contributed by atoms with Gasteiger partial charge in [0.2, 0.25) is 5.91 Å². The summed E-state index contributed by atoms with van der Waals surface area (Å²) in [5, 5.41) is 9.45. The Balaban J connectivity index is 1.94. The highest BCUT2D eigenvalue weighted by atomic mass is 32.2. The SMILES string of the molecule is COc1ccc(OC)c(/C=N/NC(=O)CSc2n[nH]c(=O)[nH]c2=O)c1. The van der Waals surface area contributed by atoms with E-state index in [1.165, 1.54) is 20.4 Å². The number of carbonyl (C=O) groups excluding carboxylic acids is 1. The van der Waals surface area contributed by atoms with Crippen molar-refractivity contribution >= 4 is 23.9 Å². The standard InChI is InChI=1S/C14H15N5O5S/c1-23-9-3-4-10(24-2)8(5-9)6-15-17-11(20)7-25-13-12(21)16-14(22)19-18-13/h3-6H,7H2,1-2H3,(H,17,20)(H2,16,19,21,22)/b15-6+. The van der Waals surface area contributed by atoms with Crippen LogP contribution in [0.1, 0.15) is 5.56 Å². The van der Waals surface area contributed by atoms with Gasteiger partial charge in [-0.3, -0.25) is 14.6 Å². The number of nitrogens with one attached hydrogen (secondary N) is 3. The van der Waals surface area contributed by atoms with Crippen LogP contribution < -0.4 is 26.1 Å². The van der Waals surface area contributed by atoms with Crippen molar-refractivity contribution in [3.05, 3.63) is 44.6 Å². The average molecular weight is 365 g/mol. The maximum atomic E-state index is 11.7. The lowest BCUT2D eigenvalue weighted by Gasteiger charge is -2.06. The number of nitrogens with zero attached hydrogens (tertiary/aromatic N) is 2. The summed E-state index contributed by atoms with van der Waals surface area (Å²) in [7, 11) is 3.05. The lowest BCUT2D eigenvalue weighted by Crippen LogP contribution is -2.26. The van der Waals surface area contributed by atoms with Crippen molar-refractivity contribution in [3.8, 4) is 11.5 Å². The molecular weight excluding hydrogens is 350 g/mol. The molecule has 132 valence electrons. The first kappa shape index (κ1) is 18.3. The van der Waals surface area contributed by atoms with Crippen molar-refractivity contribution in [1.29, 1.82) is 0 Å². The van der Waals surface area contributed by atoms with Crippen LogP contribution in [0.2, 0.25) is 0 Å². The van der Waals surface area contributed by atoms with Crippen LogP contribution in [0.25, 0.3) is 0 Å². The number of hydrazone groups is 1. The molecule has 0 aliphatic carbocycles. The van der Waals surface area contributed by atoms with Gasteiger partial charge >= 0.3 is 5.69 Å². The number of hydrogen-bond donors (Lipinski definition) is 3. The lowest BCUT2D eigenvalue weighted by atomic mass is 10.2. The normalized spacial score (nSPS) is 10.6. The van der Waals surface area contributed by atoms with E-state index in [0.717, 1.165) is 11.8 Å². The second kappa shape index (κ2) is 8.68. The first-order chi connectivity index (χ1) is 12.0. The topological polar surface area (TPSA) is 139 Å². The Labute approximate surface area is 145 Å². The molecular formula is C14H15N5O5S. The molecule has 0 unspecified atom stereocenters. The third-order valence-electron chi connectivity index (χ3n) is 2.85. The van der Waals surface area contributed by atoms with Crippen LogP contribution in [-0.2, 0) is 4.79 Å². The van der Waals surface area contributed by atoms with Gasteiger partial charge in [-0.05, 0) is 18.2 Å². The number of H-pyrrole nitrogens is 2.